The fourth-order valence-corrected chi connectivity index (χ4v) is 0.681. The minimum atomic E-state index is -0.406. The monoisotopic (exact) mass is 173 g/mol. The Kier molecular flexibility index (Phi) is 2.50. The predicted molar refractivity (Wildman–Crippen MR) is 40.8 cm³/mol. The smallest absolute Gasteiger partial charge is 0.282 e. The van der Waals surface area contributed by atoms with Crippen LogP contribution in [-0.4, -0.2) is 10.9 Å². The van der Waals surface area contributed by atoms with E-state index in [0.29, 0.717) is 5.89 Å². The van der Waals surface area contributed by atoms with E-state index in [1.165, 1.54) is 6.26 Å². The van der Waals surface area contributed by atoms with E-state index in [2.05, 4.69) is 22.5 Å². The first-order valence-corrected chi connectivity index (χ1v) is 3.31. The van der Waals surface area contributed by atoms with Gasteiger partial charge in [0.05, 0.1) is 6.54 Å². The largest absolute Gasteiger partial charge is 0.447 e. The Balaban J connectivity index is 2.80. The number of carbonyl (C=O) groups excluding carboxylic acids is 1. The third kappa shape index (κ3) is 1.72. The van der Waals surface area contributed by atoms with Crippen molar-refractivity contribution in [1.29, 1.82) is 0 Å². The Hall–Kier alpha value is -1.01. The lowest BCUT2D eigenvalue weighted by atomic mass is 10.5. The van der Waals surface area contributed by atoms with Crippen LogP contribution in [-0.2, 0) is 6.54 Å². The summed E-state index contributed by atoms with van der Waals surface area (Å²) in [6, 6.07) is 0. The topological polar surface area (TPSA) is 81.1 Å². The number of amides is 1. The molecule has 0 aromatic carbocycles. The number of nitrogens with one attached hydrogen (secondary N) is 1. The minimum absolute atomic E-state index is 0.180. The van der Waals surface area contributed by atoms with Crippen LogP contribution in [0.15, 0.2) is 10.7 Å². The number of rotatable bonds is 2. The second-order valence-corrected chi connectivity index (χ2v) is 2.00. The lowest BCUT2D eigenvalue weighted by Crippen LogP contribution is -2.13. The second kappa shape index (κ2) is 3.40. The Bertz CT molecular complexity index is 260. The lowest BCUT2D eigenvalue weighted by molar-refractivity contribution is 0.0980. The van der Waals surface area contributed by atoms with Crippen LogP contribution in [0.3, 0.4) is 0 Å². The second-order valence-electron chi connectivity index (χ2n) is 1.77. The van der Waals surface area contributed by atoms with Crippen LogP contribution >= 0.6 is 12.8 Å². The van der Waals surface area contributed by atoms with Crippen molar-refractivity contribution in [2.24, 2.45) is 5.73 Å². The van der Waals surface area contributed by atoms with E-state index in [9.17, 15) is 4.79 Å². The fraction of sp³-hybridized carbons (Fsp3) is 0.200. The van der Waals surface area contributed by atoms with Crippen LogP contribution in [0.25, 0.3) is 0 Å². The maximum Gasteiger partial charge on any atom is 0.282 e. The van der Waals surface area contributed by atoms with Crippen molar-refractivity contribution < 1.29 is 9.21 Å². The quantitative estimate of drug-likeness (QED) is 0.537. The Morgan fingerprint density at radius 2 is 2.64 bits per heavy atom. The average molecular weight is 173 g/mol. The lowest BCUT2D eigenvalue weighted by Gasteiger charge is -1.88. The Morgan fingerprint density at radius 3 is 3.09 bits per heavy atom. The third-order valence-electron chi connectivity index (χ3n) is 1.06. The number of thiol groups is 1. The van der Waals surface area contributed by atoms with E-state index in [0.717, 1.165) is 0 Å². The summed E-state index contributed by atoms with van der Waals surface area (Å²) in [5, 5.41) is 0. The van der Waals surface area contributed by atoms with Crippen LogP contribution in [0.2, 0.25) is 0 Å². The van der Waals surface area contributed by atoms with Crippen LogP contribution in [0, 0.1) is 0 Å². The van der Waals surface area contributed by atoms with Gasteiger partial charge in [0, 0.05) is 0 Å². The van der Waals surface area contributed by atoms with E-state index in [-0.39, 0.29) is 12.2 Å². The van der Waals surface area contributed by atoms with E-state index in [1.807, 2.05) is 0 Å². The highest BCUT2D eigenvalue weighted by Crippen LogP contribution is 2.00. The zero-order valence-corrected chi connectivity index (χ0v) is 6.47. The highest BCUT2D eigenvalue weighted by Gasteiger charge is 2.08. The fourth-order valence-electron chi connectivity index (χ4n) is 0.566. The summed E-state index contributed by atoms with van der Waals surface area (Å²) in [6.07, 6.45) is 1.23. The van der Waals surface area contributed by atoms with Gasteiger partial charge in [-0.3, -0.25) is 9.52 Å². The van der Waals surface area contributed by atoms with Gasteiger partial charge < -0.3 is 10.2 Å². The number of hydrogen-bond acceptors (Lipinski definition) is 5. The minimum Gasteiger partial charge on any atom is -0.447 e. The molecule has 11 heavy (non-hydrogen) atoms. The molecule has 0 radical (unpaired) electrons. The van der Waals surface area contributed by atoms with Crippen molar-refractivity contribution in [3.05, 3.63) is 17.8 Å². The van der Waals surface area contributed by atoms with Gasteiger partial charge in [0.1, 0.15) is 6.26 Å². The molecule has 0 spiro atoms. The van der Waals surface area contributed by atoms with E-state index >= 15 is 0 Å². The van der Waals surface area contributed by atoms with Gasteiger partial charge in [-0.25, -0.2) is 4.98 Å². The predicted octanol–water partition coefficient (Wildman–Crippen LogP) is -0.292. The molecule has 0 saturated carbocycles. The van der Waals surface area contributed by atoms with Crippen molar-refractivity contribution in [2.75, 3.05) is 0 Å². The summed E-state index contributed by atoms with van der Waals surface area (Å²) in [5.41, 5.74) is 5.38. The summed E-state index contributed by atoms with van der Waals surface area (Å²) in [5.74, 6) is -0.0753. The molecular formula is C5H7N3O2S. The average Bonchev–Trinajstić information content (AvgIpc) is 2.50. The molecule has 0 unspecified atom stereocenters. The molecule has 60 valence electrons. The summed E-state index contributed by atoms with van der Waals surface area (Å²) in [7, 11) is 0. The van der Waals surface area contributed by atoms with Gasteiger partial charge >= 0.3 is 0 Å². The normalized spacial score (nSPS) is 9.64. The van der Waals surface area contributed by atoms with Gasteiger partial charge in [-0.1, -0.05) is 12.8 Å². The number of carbonyl (C=O) groups is 1. The summed E-state index contributed by atoms with van der Waals surface area (Å²) >= 11 is 3.55. The van der Waals surface area contributed by atoms with Crippen molar-refractivity contribution in [1.82, 2.24) is 9.71 Å². The molecule has 0 atom stereocenters. The molecule has 1 aromatic heterocycles. The van der Waals surface area contributed by atoms with Gasteiger partial charge in [0.25, 0.3) is 5.91 Å². The Labute approximate surface area is 68.5 Å². The van der Waals surface area contributed by atoms with Gasteiger partial charge in [0.15, 0.2) is 5.69 Å². The third-order valence-corrected chi connectivity index (χ3v) is 1.26. The Morgan fingerprint density at radius 1 is 1.91 bits per heavy atom. The van der Waals surface area contributed by atoms with Crippen molar-refractivity contribution >= 4 is 18.7 Å². The first kappa shape index (κ1) is 8.09. The van der Waals surface area contributed by atoms with Gasteiger partial charge in [-0.05, 0) is 0 Å². The van der Waals surface area contributed by atoms with E-state index in [4.69, 9.17) is 10.2 Å². The molecule has 1 amide bonds. The SMILES string of the molecule is NCc1nc(C(=O)NS)co1. The maximum atomic E-state index is 10.8. The molecule has 6 heteroatoms. The zero-order chi connectivity index (χ0) is 8.27. The van der Waals surface area contributed by atoms with Crippen molar-refractivity contribution in [3.8, 4) is 0 Å². The van der Waals surface area contributed by atoms with Crippen LogP contribution in [0.4, 0.5) is 0 Å². The molecule has 0 bridgehead atoms. The van der Waals surface area contributed by atoms with Gasteiger partial charge in [-0.2, -0.15) is 0 Å². The molecule has 1 rings (SSSR count). The summed E-state index contributed by atoms with van der Waals surface area (Å²) in [4.78, 5) is 14.5. The molecule has 0 fully saturated rings. The molecule has 3 N–H and O–H groups in total. The molecule has 0 aliphatic carbocycles. The highest BCUT2D eigenvalue weighted by molar-refractivity contribution is 7.78. The molecule has 0 aliphatic rings. The van der Waals surface area contributed by atoms with E-state index < -0.39 is 5.91 Å². The van der Waals surface area contributed by atoms with Crippen LogP contribution in [0.5, 0.6) is 0 Å². The number of oxazole rings is 1. The highest BCUT2D eigenvalue weighted by atomic mass is 32.1. The molecule has 0 saturated heterocycles. The molecule has 0 aliphatic heterocycles. The van der Waals surface area contributed by atoms with Crippen molar-refractivity contribution in [3.63, 3.8) is 0 Å². The van der Waals surface area contributed by atoms with Crippen LogP contribution in [0.1, 0.15) is 16.4 Å². The molecule has 1 aromatic rings. The number of nitrogens with two attached hydrogens (primary N) is 1. The van der Waals surface area contributed by atoms with Gasteiger partial charge in [0.2, 0.25) is 5.89 Å². The first-order chi connectivity index (χ1) is 5.27. The van der Waals surface area contributed by atoms with E-state index in [1.54, 1.807) is 0 Å². The number of nitrogens with zero attached hydrogens (tertiary/aromatic N) is 1. The van der Waals surface area contributed by atoms with Crippen LogP contribution < -0.4 is 10.5 Å². The van der Waals surface area contributed by atoms with Crippen molar-refractivity contribution in [2.45, 2.75) is 6.54 Å². The standard InChI is InChI=1S/C5H7N3O2S/c6-1-4-7-3(2-10-4)5(9)8-11/h2,11H,1,6H2,(H,8,9). The van der Waals surface area contributed by atoms with Gasteiger partial charge in [-0.15, -0.1) is 0 Å². The summed E-state index contributed by atoms with van der Waals surface area (Å²) in [6.45, 7) is 0.180. The number of aromatic nitrogens is 1. The molecular weight excluding hydrogens is 166 g/mol. The first-order valence-electron chi connectivity index (χ1n) is 2.87. The maximum absolute atomic E-state index is 10.8. The zero-order valence-electron chi connectivity index (χ0n) is 5.57. The number of hydrogen-bond donors (Lipinski definition) is 3. The molecule has 1 heterocycles. The summed E-state index contributed by atoms with van der Waals surface area (Å²) < 4.78 is 6.92. The molecule has 5 nitrogen and oxygen atoms in total.